The molecule has 2 fully saturated rings. The lowest BCUT2D eigenvalue weighted by Gasteiger charge is -2.49. The van der Waals surface area contributed by atoms with E-state index in [4.69, 9.17) is 0 Å². The van der Waals surface area contributed by atoms with Crippen LogP contribution in [0.5, 0.6) is 0 Å². The van der Waals surface area contributed by atoms with Crippen LogP contribution in [0.4, 0.5) is 0 Å². The Balaban J connectivity index is 2.14. The predicted octanol–water partition coefficient (Wildman–Crippen LogP) is 0.216. The van der Waals surface area contributed by atoms with Crippen LogP contribution in [0.2, 0.25) is 0 Å². The van der Waals surface area contributed by atoms with Gasteiger partial charge in [-0.3, -0.25) is 0 Å². The van der Waals surface area contributed by atoms with Crippen molar-refractivity contribution in [2.75, 3.05) is 19.7 Å². The normalized spacial score (nSPS) is 45.7. The second-order valence-corrected chi connectivity index (χ2v) is 5.00. The van der Waals surface area contributed by atoms with Crippen molar-refractivity contribution in [1.82, 2.24) is 0 Å². The van der Waals surface area contributed by atoms with Crippen molar-refractivity contribution in [2.45, 2.75) is 44.6 Å². The third-order valence-electron chi connectivity index (χ3n) is 4.38. The highest BCUT2D eigenvalue weighted by atomic mass is 16.3. The van der Waals surface area contributed by atoms with Crippen LogP contribution >= 0.6 is 0 Å². The van der Waals surface area contributed by atoms with Crippen LogP contribution in [0.3, 0.4) is 0 Å². The highest BCUT2D eigenvalue weighted by Crippen LogP contribution is 2.29. The third kappa shape index (κ3) is 1.50. The van der Waals surface area contributed by atoms with E-state index in [9.17, 15) is 5.11 Å². The Kier molecular flexibility index (Phi) is 2.61. The number of aliphatic hydroxyl groups is 1. The van der Waals surface area contributed by atoms with Gasteiger partial charge in [-0.15, -0.1) is 0 Å². The number of quaternary nitrogens is 1. The molecule has 0 radical (unpaired) electrons. The van der Waals surface area contributed by atoms with Crippen LogP contribution in [0.1, 0.15) is 39.0 Å². The maximum atomic E-state index is 9.38. The number of rotatable bonds is 1. The average Bonchev–Trinajstić information content (AvgIpc) is 2.16. The first kappa shape index (κ1) is 9.47. The van der Waals surface area contributed by atoms with E-state index in [1.54, 1.807) is 4.90 Å². The zero-order chi connectivity index (χ0) is 9.31. The first-order valence-corrected chi connectivity index (χ1v) is 5.73. The van der Waals surface area contributed by atoms with Gasteiger partial charge in [-0.05, 0) is 32.6 Å². The Morgan fingerprint density at radius 3 is 2.85 bits per heavy atom. The molecule has 2 saturated heterocycles. The fraction of sp³-hybridized carbons (Fsp3) is 1.00. The largest absolute Gasteiger partial charge is 0.396 e. The van der Waals surface area contributed by atoms with E-state index in [0.717, 1.165) is 0 Å². The van der Waals surface area contributed by atoms with Crippen LogP contribution in [0.15, 0.2) is 0 Å². The van der Waals surface area contributed by atoms with Crippen LogP contribution in [-0.2, 0) is 0 Å². The smallest absolute Gasteiger partial charge is 0.0999 e. The van der Waals surface area contributed by atoms with Gasteiger partial charge in [0.1, 0.15) is 0 Å². The Morgan fingerprint density at radius 1 is 1.31 bits per heavy atom. The van der Waals surface area contributed by atoms with Crippen molar-refractivity contribution in [3.63, 3.8) is 0 Å². The lowest BCUT2D eigenvalue weighted by Crippen LogP contribution is -3.22. The van der Waals surface area contributed by atoms with Crippen LogP contribution < -0.4 is 4.90 Å². The molecule has 2 heterocycles. The van der Waals surface area contributed by atoms with E-state index in [1.165, 1.54) is 45.2 Å². The molecule has 2 nitrogen and oxygen atoms in total. The first-order chi connectivity index (χ1) is 6.27. The summed E-state index contributed by atoms with van der Waals surface area (Å²) in [5, 5.41) is 9.38. The van der Waals surface area contributed by atoms with E-state index in [1.807, 2.05) is 0 Å². The standard InChI is InChI=1S/C11H21NO/c1-11-6-2-3-7-12(11)8-4-5-10(11)9-13/h10,13H,2-9H2,1H3/p+1/t10-,11-/m1/s1. The summed E-state index contributed by atoms with van der Waals surface area (Å²) in [6.45, 7) is 5.47. The van der Waals surface area contributed by atoms with Crippen molar-refractivity contribution in [2.24, 2.45) is 5.92 Å². The summed E-state index contributed by atoms with van der Waals surface area (Å²) in [5.41, 5.74) is 0.408. The second kappa shape index (κ2) is 3.58. The molecule has 0 aromatic carbocycles. The summed E-state index contributed by atoms with van der Waals surface area (Å²) in [7, 11) is 0. The summed E-state index contributed by atoms with van der Waals surface area (Å²) in [6.07, 6.45) is 6.65. The highest BCUT2D eigenvalue weighted by Gasteiger charge is 2.46. The number of hydrogen-bond donors (Lipinski definition) is 2. The van der Waals surface area contributed by atoms with E-state index in [2.05, 4.69) is 6.92 Å². The molecule has 0 spiro atoms. The Labute approximate surface area is 80.9 Å². The van der Waals surface area contributed by atoms with Crippen molar-refractivity contribution >= 4 is 0 Å². The molecule has 0 bridgehead atoms. The molecule has 2 rings (SSSR count). The van der Waals surface area contributed by atoms with Crippen LogP contribution in [0.25, 0.3) is 0 Å². The number of aliphatic hydroxyl groups excluding tert-OH is 1. The lowest BCUT2D eigenvalue weighted by molar-refractivity contribution is -0.966. The van der Waals surface area contributed by atoms with Gasteiger partial charge >= 0.3 is 0 Å². The molecule has 0 aliphatic carbocycles. The van der Waals surface area contributed by atoms with E-state index in [0.29, 0.717) is 18.1 Å². The van der Waals surface area contributed by atoms with E-state index < -0.39 is 0 Å². The van der Waals surface area contributed by atoms with Crippen molar-refractivity contribution < 1.29 is 10.0 Å². The molecule has 0 aromatic heterocycles. The van der Waals surface area contributed by atoms with Gasteiger partial charge in [0, 0.05) is 12.3 Å². The summed E-state index contributed by atoms with van der Waals surface area (Å²) in [6, 6.07) is 0. The van der Waals surface area contributed by atoms with Gasteiger partial charge in [0.15, 0.2) is 0 Å². The molecular weight excluding hydrogens is 162 g/mol. The SMILES string of the molecule is C[C@]12CCCC[NH+]1CCC[C@@H]2CO. The topological polar surface area (TPSA) is 24.7 Å². The van der Waals surface area contributed by atoms with Crippen LogP contribution in [-0.4, -0.2) is 30.3 Å². The first-order valence-electron chi connectivity index (χ1n) is 5.73. The molecule has 2 aliphatic rings. The van der Waals surface area contributed by atoms with Gasteiger partial charge in [-0.2, -0.15) is 0 Å². The van der Waals surface area contributed by atoms with Crippen molar-refractivity contribution in [1.29, 1.82) is 0 Å². The Hall–Kier alpha value is -0.0800. The molecule has 0 aromatic rings. The Bertz CT molecular complexity index is 172. The quantitative estimate of drug-likeness (QED) is 0.598. The highest BCUT2D eigenvalue weighted by molar-refractivity contribution is 4.86. The van der Waals surface area contributed by atoms with Gasteiger partial charge in [-0.1, -0.05) is 0 Å². The second-order valence-electron chi connectivity index (χ2n) is 5.00. The summed E-state index contributed by atoms with van der Waals surface area (Å²) >= 11 is 0. The molecule has 2 aliphatic heterocycles. The van der Waals surface area contributed by atoms with Gasteiger partial charge in [0.25, 0.3) is 0 Å². The molecule has 1 unspecified atom stereocenters. The van der Waals surface area contributed by atoms with Gasteiger partial charge in [-0.25, -0.2) is 0 Å². The zero-order valence-electron chi connectivity index (χ0n) is 8.68. The molecule has 0 saturated carbocycles. The summed E-state index contributed by atoms with van der Waals surface area (Å²) in [5.74, 6) is 0.566. The number of nitrogens with one attached hydrogen (secondary N) is 1. The van der Waals surface area contributed by atoms with Crippen LogP contribution in [0, 0.1) is 5.92 Å². The number of piperidine rings is 2. The average molecular weight is 184 g/mol. The minimum atomic E-state index is 0.403. The molecule has 3 atom stereocenters. The molecule has 2 N–H and O–H groups in total. The van der Waals surface area contributed by atoms with Crippen molar-refractivity contribution in [3.8, 4) is 0 Å². The fourth-order valence-corrected chi connectivity index (χ4v) is 3.37. The maximum absolute atomic E-state index is 9.38. The lowest BCUT2D eigenvalue weighted by atomic mass is 9.73. The van der Waals surface area contributed by atoms with Gasteiger partial charge in [0.2, 0.25) is 0 Å². The fourth-order valence-electron chi connectivity index (χ4n) is 3.37. The molecular formula is C11H22NO+. The third-order valence-corrected chi connectivity index (χ3v) is 4.38. The minimum absolute atomic E-state index is 0.403. The van der Waals surface area contributed by atoms with Gasteiger partial charge in [0.05, 0.1) is 25.2 Å². The summed E-state index contributed by atoms with van der Waals surface area (Å²) < 4.78 is 0. The monoisotopic (exact) mass is 184 g/mol. The number of fused-ring (bicyclic) bond motifs is 1. The van der Waals surface area contributed by atoms with Gasteiger partial charge < -0.3 is 10.0 Å². The maximum Gasteiger partial charge on any atom is 0.0999 e. The van der Waals surface area contributed by atoms with E-state index >= 15 is 0 Å². The van der Waals surface area contributed by atoms with Crippen molar-refractivity contribution in [3.05, 3.63) is 0 Å². The molecule has 76 valence electrons. The summed E-state index contributed by atoms with van der Waals surface area (Å²) in [4.78, 5) is 1.77. The predicted molar refractivity (Wildman–Crippen MR) is 52.8 cm³/mol. The molecule has 2 heteroatoms. The number of hydrogen-bond acceptors (Lipinski definition) is 1. The molecule has 13 heavy (non-hydrogen) atoms. The molecule has 0 amide bonds. The van der Waals surface area contributed by atoms with E-state index in [-0.39, 0.29) is 0 Å². The minimum Gasteiger partial charge on any atom is -0.396 e. The Morgan fingerprint density at radius 2 is 2.08 bits per heavy atom. The zero-order valence-corrected chi connectivity index (χ0v) is 8.68.